The van der Waals surface area contributed by atoms with Gasteiger partial charge in [0.2, 0.25) is 0 Å². The molecule has 1 aromatic carbocycles. The van der Waals surface area contributed by atoms with Crippen LogP contribution in [0.1, 0.15) is 20.8 Å². The number of hydrogen-bond acceptors (Lipinski definition) is 3. The van der Waals surface area contributed by atoms with Crippen LogP contribution < -0.4 is 10.2 Å². The van der Waals surface area contributed by atoms with Gasteiger partial charge in [0.15, 0.2) is 0 Å². The van der Waals surface area contributed by atoms with Crippen LogP contribution in [0.4, 0.5) is 11.4 Å². The van der Waals surface area contributed by atoms with Gasteiger partial charge in [-0.15, -0.1) is 0 Å². The standard InChI is InChI=1S/C14H24N2O/c1-11(2)16(4)14-8-6-7-13(9-14)15-12(3)10-17-5/h6-9,11-12,15H,10H2,1-5H3/t12-/m1/s1. The Morgan fingerprint density at radius 1 is 1.29 bits per heavy atom. The molecule has 0 radical (unpaired) electrons. The van der Waals surface area contributed by atoms with Crippen LogP contribution in [0.2, 0.25) is 0 Å². The second-order valence-corrected chi connectivity index (χ2v) is 4.76. The molecule has 0 fully saturated rings. The fraction of sp³-hybridized carbons (Fsp3) is 0.571. The number of benzene rings is 1. The smallest absolute Gasteiger partial charge is 0.0661 e. The van der Waals surface area contributed by atoms with Crippen molar-refractivity contribution in [2.45, 2.75) is 32.9 Å². The van der Waals surface area contributed by atoms with E-state index in [0.717, 1.165) is 5.69 Å². The average Bonchev–Trinajstić information content (AvgIpc) is 2.28. The molecule has 0 saturated carbocycles. The van der Waals surface area contributed by atoms with Crippen LogP contribution in [0, 0.1) is 0 Å². The van der Waals surface area contributed by atoms with Gasteiger partial charge in [0.1, 0.15) is 0 Å². The Balaban J connectivity index is 2.72. The zero-order valence-corrected chi connectivity index (χ0v) is 11.5. The third-order valence-corrected chi connectivity index (χ3v) is 2.86. The lowest BCUT2D eigenvalue weighted by atomic mass is 10.2. The van der Waals surface area contributed by atoms with E-state index in [1.807, 2.05) is 0 Å². The van der Waals surface area contributed by atoms with Gasteiger partial charge in [0.25, 0.3) is 0 Å². The van der Waals surface area contributed by atoms with Gasteiger partial charge >= 0.3 is 0 Å². The molecule has 3 heteroatoms. The number of nitrogens with one attached hydrogen (secondary N) is 1. The third-order valence-electron chi connectivity index (χ3n) is 2.86. The lowest BCUT2D eigenvalue weighted by molar-refractivity contribution is 0.190. The number of rotatable bonds is 6. The molecule has 0 amide bonds. The summed E-state index contributed by atoms with van der Waals surface area (Å²) < 4.78 is 5.12. The summed E-state index contributed by atoms with van der Waals surface area (Å²) in [6.07, 6.45) is 0. The van der Waals surface area contributed by atoms with Crippen molar-refractivity contribution in [3.05, 3.63) is 24.3 Å². The monoisotopic (exact) mass is 236 g/mol. The second kappa shape index (κ2) is 6.50. The van der Waals surface area contributed by atoms with Gasteiger partial charge in [-0.1, -0.05) is 6.07 Å². The number of hydrogen-bond donors (Lipinski definition) is 1. The summed E-state index contributed by atoms with van der Waals surface area (Å²) in [6.45, 7) is 7.20. The first kappa shape index (κ1) is 13.8. The second-order valence-electron chi connectivity index (χ2n) is 4.76. The molecule has 0 saturated heterocycles. The zero-order valence-electron chi connectivity index (χ0n) is 11.5. The lowest BCUT2D eigenvalue weighted by Gasteiger charge is -2.25. The largest absolute Gasteiger partial charge is 0.383 e. The summed E-state index contributed by atoms with van der Waals surface area (Å²) in [5.74, 6) is 0. The lowest BCUT2D eigenvalue weighted by Crippen LogP contribution is -2.26. The van der Waals surface area contributed by atoms with Crippen molar-refractivity contribution in [3.8, 4) is 0 Å². The Labute approximate surface area is 105 Å². The molecule has 0 aliphatic rings. The highest BCUT2D eigenvalue weighted by molar-refractivity contribution is 5.58. The Morgan fingerprint density at radius 3 is 2.59 bits per heavy atom. The molecule has 0 aliphatic heterocycles. The summed E-state index contributed by atoms with van der Waals surface area (Å²) in [5.41, 5.74) is 2.37. The van der Waals surface area contributed by atoms with Crippen molar-refractivity contribution >= 4 is 11.4 Å². The first-order valence-electron chi connectivity index (χ1n) is 6.13. The normalized spacial score (nSPS) is 12.6. The summed E-state index contributed by atoms with van der Waals surface area (Å²) in [7, 11) is 3.84. The van der Waals surface area contributed by atoms with Gasteiger partial charge in [-0.2, -0.15) is 0 Å². The van der Waals surface area contributed by atoms with Crippen LogP contribution >= 0.6 is 0 Å². The van der Waals surface area contributed by atoms with E-state index in [9.17, 15) is 0 Å². The molecule has 0 bridgehead atoms. The molecule has 0 unspecified atom stereocenters. The maximum Gasteiger partial charge on any atom is 0.0661 e. The summed E-state index contributed by atoms with van der Waals surface area (Å²) >= 11 is 0. The number of methoxy groups -OCH3 is 1. The van der Waals surface area contributed by atoms with Gasteiger partial charge in [-0.25, -0.2) is 0 Å². The Hall–Kier alpha value is -1.22. The predicted molar refractivity (Wildman–Crippen MR) is 74.9 cm³/mol. The Kier molecular flexibility index (Phi) is 5.29. The maximum atomic E-state index is 5.12. The highest BCUT2D eigenvalue weighted by Gasteiger charge is 2.06. The van der Waals surface area contributed by atoms with E-state index in [1.165, 1.54) is 5.69 Å². The predicted octanol–water partition coefficient (Wildman–Crippen LogP) is 2.98. The van der Waals surface area contributed by atoms with Crippen LogP contribution in [0.25, 0.3) is 0 Å². The van der Waals surface area contributed by atoms with E-state index in [-0.39, 0.29) is 0 Å². The molecule has 0 aromatic heterocycles. The van der Waals surface area contributed by atoms with Crippen LogP contribution in [-0.2, 0) is 4.74 Å². The van der Waals surface area contributed by atoms with Gasteiger partial charge in [-0.05, 0) is 39.0 Å². The minimum Gasteiger partial charge on any atom is -0.383 e. The van der Waals surface area contributed by atoms with Crippen LogP contribution in [0.3, 0.4) is 0 Å². The molecule has 1 rings (SSSR count). The van der Waals surface area contributed by atoms with E-state index in [1.54, 1.807) is 7.11 Å². The maximum absolute atomic E-state index is 5.12. The molecule has 17 heavy (non-hydrogen) atoms. The minimum atomic E-state index is 0.319. The first-order chi connectivity index (χ1) is 8.04. The average molecular weight is 236 g/mol. The van der Waals surface area contributed by atoms with Crippen LogP contribution in [0.15, 0.2) is 24.3 Å². The molecular formula is C14H24N2O. The van der Waals surface area contributed by atoms with Crippen molar-refractivity contribution < 1.29 is 4.74 Å². The van der Waals surface area contributed by atoms with Gasteiger partial charge in [0.05, 0.1) is 6.61 Å². The molecule has 0 spiro atoms. The highest BCUT2D eigenvalue weighted by Crippen LogP contribution is 2.20. The van der Waals surface area contributed by atoms with Crippen molar-refractivity contribution in [1.29, 1.82) is 0 Å². The van der Waals surface area contributed by atoms with Gasteiger partial charge in [-0.3, -0.25) is 0 Å². The fourth-order valence-corrected chi connectivity index (χ4v) is 1.69. The molecule has 0 aliphatic carbocycles. The molecule has 3 nitrogen and oxygen atoms in total. The Bertz CT molecular complexity index is 339. The number of nitrogens with zero attached hydrogens (tertiary/aromatic N) is 1. The zero-order chi connectivity index (χ0) is 12.8. The van der Waals surface area contributed by atoms with Crippen molar-refractivity contribution in [1.82, 2.24) is 0 Å². The fourth-order valence-electron chi connectivity index (χ4n) is 1.69. The van der Waals surface area contributed by atoms with Crippen LogP contribution in [-0.4, -0.2) is 32.8 Å². The third kappa shape index (κ3) is 4.27. The van der Waals surface area contributed by atoms with E-state index in [4.69, 9.17) is 4.74 Å². The quantitative estimate of drug-likeness (QED) is 0.822. The molecule has 96 valence electrons. The van der Waals surface area contributed by atoms with E-state index < -0.39 is 0 Å². The van der Waals surface area contributed by atoms with Crippen molar-refractivity contribution in [2.75, 3.05) is 31.0 Å². The van der Waals surface area contributed by atoms with Crippen molar-refractivity contribution in [3.63, 3.8) is 0 Å². The summed E-state index contributed by atoms with van der Waals surface area (Å²) in [5, 5.41) is 3.43. The summed E-state index contributed by atoms with van der Waals surface area (Å²) in [4.78, 5) is 2.26. The number of ether oxygens (including phenoxy) is 1. The van der Waals surface area contributed by atoms with Gasteiger partial charge in [0, 0.05) is 37.6 Å². The van der Waals surface area contributed by atoms with Gasteiger partial charge < -0.3 is 15.0 Å². The van der Waals surface area contributed by atoms with Crippen LogP contribution in [0.5, 0.6) is 0 Å². The Morgan fingerprint density at radius 2 is 2.00 bits per heavy atom. The molecular weight excluding hydrogens is 212 g/mol. The SMILES string of the molecule is COC[C@@H](C)Nc1cccc(N(C)C(C)C)c1. The number of anilines is 2. The molecule has 0 heterocycles. The van der Waals surface area contributed by atoms with E-state index in [0.29, 0.717) is 18.7 Å². The minimum absolute atomic E-state index is 0.319. The van der Waals surface area contributed by atoms with E-state index in [2.05, 4.69) is 62.3 Å². The van der Waals surface area contributed by atoms with Crippen molar-refractivity contribution in [2.24, 2.45) is 0 Å². The molecule has 1 atom stereocenters. The van der Waals surface area contributed by atoms with E-state index >= 15 is 0 Å². The first-order valence-corrected chi connectivity index (χ1v) is 6.13. The molecule has 1 N–H and O–H groups in total. The summed E-state index contributed by atoms with van der Waals surface area (Å²) in [6, 6.07) is 9.29. The molecule has 1 aromatic rings. The topological polar surface area (TPSA) is 24.5 Å². The highest BCUT2D eigenvalue weighted by atomic mass is 16.5.